The molecule has 2 amide bonds. The number of hydrogen-bond acceptors (Lipinski definition) is 4. The average Bonchev–Trinajstić information content (AvgIpc) is 2.67. The van der Waals surface area contributed by atoms with Crippen molar-refractivity contribution < 1.29 is 14.4 Å². The van der Waals surface area contributed by atoms with Crippen LogP contribution >= 0.6 is 0 Å². The molecule has 0 radical (unpaired) electrons. The lowest BCUT2D eigenvalue weighted by atomic mass is 10.1. The molecule has 6 heteroatoms. The fourth-order valence-corrected chi connectivity index (χ4v) is 2.16. The summed E-state index contributed by atoms with van der Waals surface area (Å²) in [6.45, 7) is 5.44. The molecule has 0 fully saturated rings. The van der Waals surface area contributed by atoms with E-state index in [9.17, 15) is 9.59 Å². The van der Waals surface area contributed by atoms with Crippen LogP contribution in [0.15, 0.2) is 72.4 Å². The number of benzene rings is 2. The first-order valence-electron chi connectivity index (χ1n) is 8.11. The van der Waals surface area contributed by atoms with Crippen LogP contribution in [0.3, 0.4) is 0 Å². The normalized spacial score (nSPS) is 10.7. The van der Waals surface area contributed by atoms with Gasteiger partial charge in [-0.15, -0.1) is 6.58 Å². The van der Waals surface area contributed by atoms with Crippen molar-refractivity contribution in [1.82, 2.24) is 5.32 Å². The zero-order valence-electron chi connectivity index (χ0n) is 14.6. The molecule has 0 atom stereocenters. The molecule has 0 aliphatic heterocycles. The molecule has 0 aliphatic rings. The van der Waals surface area contributed by atoms with Gasteiger partial charge in [0.1, 0.15) is 0 Å². The van der Waals surface area contributed by atoms with Crippen molar-refractivity contribution >= 4 is 23.2 Å². The second-order valence-electron chi connectivity index (χ2n) is 5.41. The van der Waals surface area contributed by atoms with Gasteiger partial charge in [-0.2, -0.15) is 0 Å². The van der Waals surface area contributed by atoms with Crippen LogP contribution in [0, 0.1) is 0 Å². The van der Waals surface area contributed by atoms with Gasteiger partial charge in [0.15, 0.2) is 6.61 Å². The third kappa shape index (κ3) is 5.59. The van der Waals surface area contributed by atoms with E-state index in [1.807, 2.05) is 30.3 Å². The number of nitrogens with zero attached hydrogens (tertiary/aromatic N) is 1. The number of para-hydroxylation sites is 1. The second-order valence-corrected chi connectivity index (χ2v) is 5.41. The molecular formula is C20H21N3O3. The van der Waals surface area contributed by atoms with Gasteiger partial charge < -0.3 is 15.5 Å². The average molecular weight is 351 g/mol. The first-order valence-corrected chi connectivity index (χ1v) is 8.11. The Balaban J connectivity index is 1.94. The minimum absolute atomic E-state index is 0.257. The van der Waals surface area contributed by atoms with Gasteiger partial charge in [-0.3, -0.25) is 9.59 Å². The van der Waals surface area contributed by atoms with Gasteiger partial charge in [0.25, 0.3) is 11.8 Å². The van der Waals surface area contributed by atoms with Crippen LogP contribution in [0.5, 0.6) is 0 Å². The van der Waals surface area contributed by atoms with Crippen LogP contribution < -0.4 is 10.6 Å². The molecule has 2 rings (SSSR count). The Morgan fingerprint density at radius 3 is 2.54 bits per heavy atom. The quantitative estimate of drug-likeness (QED) is 0.436. The molecule has 0 saturated carbocycles. The smallest absolute Gasteiger partial charge is 0.265 e. The van der Waals surface area contributed by atoms with Crippen LogP contribution in [-0.2, 0) is 9.63 Å². The summed E-state index contributed by atoms with van der Waals surface area (Å²) in [5, 5.41) is 9.28. The van der Waals surface area contributed by atoms with Gasteiger partial charge in [0.2, 0.25) is 0 Å². The van der Waals surface area contributed by atoms with Gasteiger partial charge in [0.05, 0.1) is 17.0 Å². The van der Waals surface area contributed by atoms with Crippen LogP contribution in [0.4, 0.5) is 5.69 Å². The molecule has 0 aromatic heterocycles. The molecule has 0 aliphatic carbocycles. The van der Waals surface area contributed by atoms with E-state index in [1.165, 1.54) is 0 Å². The predicted octanol–water partition coefficient (Wildman–Crippen LogP) is 2.98. The fraction of sp³-hybridized carbons (Fsp3) is 0.150. The van der Waals surface area contributed by atoms with E-state index in [-0.39, 0.29) is 12.5 Å². The third-order valence-electron chi connectivity index (χ3n) is 3.44. The van der Waals surface area contributed by atoms with Crippen LogP contribution in [-0.4, -0.2) is 30.7 Å². The highest BCUT2D eigenvalue weighted by Gasteiger charge is 2.12. The van der Waals surface area contributed by atoms with E-state index in [2.05, 4.69) is 22.4 Å². The summed E-state index contributed by atoms with van der Waals surface area (Å²) >= 11 is 0. The summed E-state index contributed by atoms with van der Waals surface area (Å²) in [5.41, 5.74) is 2.36. The predicted molar refractivity (Wildman–Crippen MR) is 102 cm³/mol. The summed E-state index contributed by atoms with van der Waals surface area (Å²) in [5.74, 6) is -0.696. The Bertz CT molecular complexity index is 801. The number of rotatable bonds is 8. The topological polar surface area (TPSA) is 79.8 Å². The number of anilines is 1. The molecule has 26 heavy (non-hydrogen) atoms. The first kappa shape index (κ1) is 18.9. The summed E-state index contributed by atoms with van der Waals surface area (Å²) < 4.78 is 0. The van der Waals surface area contributed by atoms with Crippen LogP contribution in [0.1, 0.15) is 22.8 Å². The van der Waals surface area contributed by atoms with Crippen molar-refractivity contribution in [3.63, 3.8) is 0 Å². The Hall–Kier alpha value is -3.41. The van der Waals surface area contributed by atoms with E-state index < -0.39 is 5.91 Å². The molecule has 0 spiro atoms. The lowest BCUT2D eigenvalue weighted by Gasteiger charge is -2.10. The highest BCUT2D eigenvalue weighted by molar-refractivity contribution is 6.04. The molecule has 0 unspecified atom stereocenters. The van der Waals surface area contributed by atoms with Gasteiger partial charge in [-0.05, 0) is 24.6 Å². The zero-order chi connectivity index (χ0) is 18.8. The Labute approximate surface area is 152 Å². The molecule has 2 N–H and O–H groups in total. The lowest BCUT2D eigenvalue weighted by Crippen LogP contribution is -2.26. The molecule has 2 aromatic rings. The first-order chi connectivity index (χ1) is 12.6. The number of nitrogens with one attached hydrogen (secondary N) is 2. The highest BCUT2D eigenvalue weighted by atomic mass is 16.6. The van der Waals surface area contributed by atoms with Crippen LogP contribution in [0.25, 0.3) is 0 Å². The van der Waals surface area contributed by atoms with E-state index >= 15 is 0 Å². The number of carbonyl (C=O) groups excluding carboxylic acids is 2. The van der Waals surface area contributed by atoms with Gasteiger partial charge >= 0.3 is 0 Å². The number of oxime groups is 1. The SMILES string of the molecule is C=CCNC(=O)c1ccccc1NC(=O)CO/N=C(/C)c1ccccc1. The van der Waals surface area contributed by atoms with Gasteiger partial charge in [-0.1, -0.05) is 53.7 Å². The maximum atomic E-state index is 12.1. The standard InChI is InChI=1S/C20H21N3O3/c1-3-13-21-20(25)17-11-7-8-12-18(17)22-19(24)14-26-23-15(2)16-9-5-4-6-10-16/h3-12H,1,13-14H2,2H3,(H,21,25)(H,22,24)/b23-15-. The second kappa shape index (κ2) is 9.78. The van der Waals surface area contributed by atoms with Crippen LogP contribution in [0.2, 0.25) is 0 Å². The number of amides is 2. The van der Waals surface area contributed by atoms with Crippen molar-refractivity contribution in [2.45, 2.75) is 6.92 Å². The Morgan fingerprint density at radius 2 is 1.81 bits per heavy atom. The summed E-state index contributed by atoms with van der Waals surface area (Å²) in [6, 6.07) is 16.3. The number of carbonyl (C=O) groups is 2. The molecule has 2 aromatic carbocycles. The van der Waals surface area contributed by atoms with E-state index in [0.29, 0.717) is 23.5 Å². The molecular weight excluding hydrogens is 330 g/mol. The van der Waals surface area contributed by atoms with Crippen molar-refractivity contribution in [1.29, 1.82) is 0 Å². The van der Waals surface area contributed by atoms with Crippen molar-refractivity contribution in [3.8, 4) is 0 Å². The molecule has 134 valence electrons. The molecule has 0 saturated heterocycles. The number of hydrogen-bond donors (Lipinski definition) is 2. The van der Waals surface area contributed by atoms with E-state index in [0.717, 1.165) is 5.56 Å². The van der Waals surface area contributed by atoms with Crippen molar-refractivity contribution in [2.75, 3.05) is 18.5 Å². The minimum Gasteiger partial charge on any atom is -0.385 e. The van der Waals surface area contributed by atoms with Gasteiger partial charge in [-0.25, -0.2) is 0 Å². The van der Waals surface area contributed by atoms with Gasteiger partial charge in [0, 0.05) is 6.54 Å². The van der Waals surface area contributed by atoms with Crippen molar-refractivity contribution in [2.24, 2.45) is 5.16 Å². The monoisotopic (exact) mass is 351 g/mol. The van der Waals surface area contributed by atoms with E-state index in [1.54, 1.807) is 37.3 Å². The van der Waals surface area contributed by atoms with E-state index in [4.69, 9.17) is 4.84 Å². The Kier molecular flexibility index (Phi) is 7.12. The molecule has 6 nitrogen and oxygen atoms in total. The minimum atomic E-state index is -0.404. The molecule has 0 heterocycles. The highest BCUT2D eigenvalue weighted by Crippen LogP contribution is 2.14. The summed E-state index contributed by atoms with van der Waals surface area (Å²) in [6.07, 6.45) is 1.58. The third-order valence-corrected chi connectivity index (χ3v) is 3.44. The summed E-state index contributed by atoms with van der Waals surface area (Å²) in [7, 11) is 0. The largest absolute Gasteiger partial charge is 0.385 e. The zero-order valence-corrected chi connectivity index (χ0v) is 14.6. The fourth-order valence-electron chi connectivity index (χ4n) is 2.16. The molecule has 0 bridgehead atoms. The lowest BCUT2D eigenvalue weighted by molar-refractivity contribution is -0.120. The Morgan fingerprint density at radius 1 is 1.12 bits per heavy atom. The maximum Gasteiger partial charge on any atom is 0.265 e. The maximum absolute atomic E-state index is 12.1. The summed E-state index contributed by atoms with van der Waals surface area (Å²) in [4.78, 5) is 29.3. The van der Waals surface area contributed by atoms with Crippen molar-refractivity contribution in [3.05, 3.63) is 78.4 Å².